The van der Waals surface area contributed by atoms with Gasteiger partial charge in [0, 0.05) is 6.07 Å². The Labute approximate surface area is 127 Å². The maximum Gasteiger partial charge on any atom is 0.251 e. The van der Waals surface area contributed by atoms with Gasteiger partial charge < -0.3 is 4.57 Å². The Morgan fingerprint density at radius 1 is 1.10 bits per heavy atom. The monoisotopic (exact) mass is 347 g/mol. The van der Waals surface area contributed by atoms with Crippen molar-refractivity contribution in [3.8, 4) is 0 Å². The number of hydrogen-bond donors (Lipinski definition) is 0. The molecular weight excluding hydrogens is 338 g/mol. The molecule has 1 aromatic carbocycles. The Hall–Kier alpha value is -1.72. The van der Waals surface area contributed by atoms with Gasteiger partial charge >= 0.3 is 0 Å². The minimum absolute atomic E-state index is 0.0563. The molecule has 3 aromatic rings. The standard InChI is InChI=1S/C15H10BrNO2S/c16-14-7-6-13(20-14)12(18)9-17-11-4-2-1-3-10(11)5-8-15(17)19/h1-8H,9H2. The van der Waals surface area contributed by atoms with Crippen molar-refractivity contribution >= 4 is 44.0 Å². The molecule has 0 spiro atoms. The predicted octanol–water partition coefficient (Wildman–Crippen LogP) is 3.71. The van der Waals surface area contributed by atoms with E-state index in [-0.39, 0.29) is 17.9 Å². The molecule has 0 fully saturated rings. The van der Waals surface area contributed by atoms with Gasteiger partial charge in [0.1, 0.15) is 0 Å². The lowest BCUT2D eigenvalue weighted by Gasteiger charge is -2.08. The third-order valence-electron chi connectivity index (χ3n) is 3.05. The molecule has 0 atom stereocenters. The molecule has 0 saturated carbocycles. The minimum atomic E-state index is -0.160. The molecule has 0 aliphatic carbocycles. The highest BCUT2D eigenvalue weighted by Gasteiger charge is 2.12. The number of benzene rings is 1. The molecule has 5 heteroatoms. The number of carbonyl (C=O) groups excluding carboxylic acids is 1. The van der Waals surface area contributed by atoms with Crippen molar-refractivity contribution in [1.29, 1.82) is 0 Å². The number of hydrogen-bond acceptors (Lipinski definition) is 3. The second-order valence-corrected chi connectivity index (χ2v) is 6.81. The van der Waals surface area contributed by atoms with E-state index in [0.29, 0.717) is 4.88 Å². The van der Waals surface area contributed by atoms with Crippen LogP contribution in [-0.4, -0.2) is 10.4 Å². The summed E-state index contributed by atoms with van der Waals surface area (Å²) in [4.78, 5) is 24.9. The van der Waals surface area contributed by atoms with Gasteiger partial charge in [-0.1, -0.05) is 18.2 Å². The van der Waals surface area contributed by atoms with Crippen LogP contribution in [0.1, 0.15) is 9.67 Å². The summed E-state index contributed by atoms with van der Waals surface area (Å²) in [5, 5.41) is 0.951. The van der Waals surface area contributed by atoms with Crippen LogP contribution in [0.3, 0.4) is 0 Å². The van der Waals surface area contributed by atoms with Crippen molar-refractivity contribution in [2.45, 2.75) is 6.54 Å². The van der Waals surface area contributed by atoms with Crippen LogP contribution in [0.15, 0.2) is 57.1 Å². The summed E-state index contributed by atoms with van der Waals surface area (Å²) in [6.45, 7) is 0.0626. The number of carbonyl (C=O) groups is 1. The molecule has 0 unspecified atom stereocenters. The summed E-state index contributed by atoms with van der Waals surface area (Å²) in [5.74, 6) is -0.0563. The summed E-state index contributed by atoms with van der Waals surface area (Å²) in [7, 11) is 0. The molecule has 3 rings (SSSR count). The number of fused-ring (bicyclic) bond motifs is 1. The van der Waals surface area contributed by atoms with Crippen molar-refractivity contribution < 1.29 is 4.79 Å². The molecule has 0 radical (unpaired) electrons. The van der Waals surface area contributed by atoms with Gasteiger partial charge in [-0.3, -0.25) is 9.59 Å². The van der Waals surface area contributed by atoms with E-state index in [1.807, 2.05) is 30.3 Å². The second-order valence-electron chi connectivity index (χ2n) is 4.34. The Morgan fingerprint density at radius 2 is 1.90 bits per heavy atom. The molecule has 2 aromatic heterocycles. The molecule has 0 bridgehead atoms. The van der Waals surface area contributed by atoms with Crippen molar-refractivity contribution in [2.75, 3.05) is 0 Å². The van der Waals surface area contributed by atoms with Gasteiger partial charge in [-0.15, -0.1) is 11.3 Å². The molecule has 3 nitrogen and oxygen atoms in total. The van der Waals surface area contributed by atoms with Gasteiger partial charge in [0.25, 0.3) is 5.56 Å². The van der Waals surface area contributed by atoms with Gasteiger partial charge in [-0.05, 0) is 45.6 Å². The lowest BCUT2D eigenvalue weighted by Crippen LogP contribution is -2.23. The summed E-state index contributed by atoms with van der Waals surface area (Å²) in [6, 6.07) is 14.4. The Balaban J connectivity index is 2.04. The maximum absolute atomic E-state index is 12.3. The van der Waals surface area contributed by atoms with Crippen molar-refractivity contribution in [3.05, 3.63) is 67.5 Å². The van der Waals surface area contributed by atoms with E-state index in [1.165, 1.54) is 22.0 Å². The van der Waals surface area contributed by atoms with Crippen LogP contribution in [0.25, 0.3) is 10.9 Å². The highest BCUT2D eigenvalue weighted by Crippen LogP contribution is 2.23. The molecule has 0 N–H and O–H groups in total. The third-order valence-corrected chi connectivity index (χ3v) is 4.71. The van der Waals surface area contributed by atoms with Gasteiger partial charge in [0.2, 0.25) is 0 Å². The largest absolute Gasteiger partial charge is 0.300 e. The Kier molecular flexibility index (Phi) is 3.54. The second kappa shape index (κ2) is 5.34. The Morgan fingerprint density at radius 3 is 2.65 bits per heavy atom. The molecule has 2 heterocycles. The van der Waals surface area contributed by atoms with Crippen LogP contribution in [0.2, 0.25) is 0 Å². The molecule has 20 heavy (non-hydrogen) atoms. The normalized spacial score (nSPS) is 10.8. The number of halogens is 1. The third kappa shape index (κ3) is 2.46. The van der Waals surface area contributed by atoms with Crippen LogP contribution in [0.4, 0.5) is 0 Å². The molecule has 0 aliphatic rings. The summed E-state index contributed by atoms with van der Waals surface area (Å²) >= 11 is 4.72. The number of pyridine rings is 1. The van der Waals surface area contributed by atoms with Gasteiger partial charge in [-0.2, -0.15) is 0 Å². The number of rotatable bonds is 3. The number of aromatic nitrogens is 1. The molecule has 0 aliphatic heterocycles. The van der Waals surface area contributed by atoms with Crippen LogP contribution >= 0.6 is 27.3 Å². The van der Waals surface area contributed by atoms with Crippen LogP contribution < -0.4 is 5.56 Å². The molecule has 0 saturated heterocycles. The van der Waals surface area contributed by atoms with Crippen LogP contribution in [0.5, 0.6) is 0 Å². The number of Topliss-reactive ketones (excluding diaryl/α,β-unsaturated/α-hetero) is 1. The molecule has 100 valence electrons. The summed E-state index contributed by atoms with van der Waals surface area (Å²) in [6.07, 6.45) is 0. The van der Waals surface area contributed by atoms with E-state index < -0.39 is 0 Å². The molecule has 0 amide bonds. The van der Waals surface area contributed by atoms with Crippen LogP contribution in [-0.2, 0) is 6.54 Å². The minimum Gasteiger partial charge on any atom is -0.300 e. The zero-order valence-corrected chi connectivity index (χ0v) is 12.8. The predicted molar refractivity (Wildman–Crippen MR) is 84.6 cm³/mol. The fourth-order valence-corrected chi connectivity index (χ4v) is 3.41. The SMILES string of the molecule is O=C(Cn1c(=O)ccc2ccccc21)c1ccc(Br)s1. The highest BCUT2D eigenvalue weighted by atomic mass is 79.9. The Bertz CT molecular complexity index is 850. The fourth-order valence-electron chi connectivity index (χ4n) is 2.09. The average molecular weight is 348 g/mol. The van der Waals surface area contributed by atoms with E-state index >= 15 is 0 Å². The van der Waals surface area contributed by atoms with Gasteiger partial charge in [0.15, 0.2) is 5.78 Å². The van der Waals surface area contributed by atoms with Gasteiger partial charge in [0.05, 0.1) is 20.7 Å². The van der Waals surface area contributed by atoms with E-state index in [2.05, 4.69) is 15.9 Å². The van der Waals surface area contributed by atoms with E-state index in [1.54, 1.807) is 12.1 Å². The molecular formula is C15H10BrNO2S. The quantitative estimate of drug-likeness (QED) is 0.677. The number of ketones is 1. The summed E-state index contributed by atoms with van der Waals surface area (Å²) < 4.78 is 2.43. The van der Waals surface area contributed by atoms with E-state index in [4.69, 9.17) is 0 Å². The van der Waals surface area contributed by atoms with Crippen molar-refractivity contribution in [3.63, 3.8) is 0 Å². The van der Waals surface area contributed by atoms with Crippen molar-refractivity contribution in [1.82, 2.24) is 4.57 Å². The number of nitrogens with zero attached hydrogens (tertiary/aromatic N) is 1. The average Bonchev–Trinajstić information content (AvgIpc) is 2.89. The maximum atomic E-state index is 12.3. The summed E-state index contributed by atoms with van der Waals surface area (Å²) in [5.41, 5.74) is 0.622. The first-order chi connectivity index (χ1) is 9.65. The highest BCUT2D eigenvalue weighted by molar-refractivity contribution is 9.11. The van der Waals surface area contributed by atoms with Crippen LogP contribution in [0, 0.1) is 0 Å². The topological polar surface area (TPSA) is 39.1 Å². The van der Waals surface area contributed by atoms with E-state index in [9.17, 15) is 9.59 Å². The van der Waals surface area contributed by atoms with Crippen molar-refractivity contribution in [2.24, 2.45) is 0 Å². The first-order valence-corrected chi connectivity index (χ1v) is 7.63. The van der Waals surface area contributed by atoms with Gasteiger partial charge in [-0.25, -0.2) is 0 Å². The zero-order chi connectivity index (χ0) is 14.1. The number of para-hydroxylation sites is 1. The first kappa shape index (κ1) is 13.3. The fraction of sp³-hybridized carbons (Fsp3) is 0.0667. The first-order valence-electron chi connectivity index (χ1n) is 6.02. The lowest BCUT2D eigenvalue weighted by molar-refractivity contribution is 0.0976. The van der Waals surface area contributed by atoms with E-state index in [0.717, 1.165) is 14.7 Å². The number of thiophene rings is 1. The lowest BCUT2D eigenvalue weighted by atomic mass is 10.2. The smallest absolute Gasteiger partial charge is 0.251 e. The zero-order valence-electron chi connectivity index (χ0n) is 10.4.